The standard InChI is InChI=1S/C13H24O2S/c1-3-12(14)8-6-4-5-7-9-13(15)10-11-16-2/h3-11H2,1-2H3/i1D. The second kappa shape index (κ2) is 11.2. The Morgan fingerprint density at radius 1 is 1.00 bits per heavy atom. The van der Waals surface area contributed by atoms with Crippen LogP contribution >= 0.6 is 11.8 Å². The number of Topliss-reactive ketones (excluding diaryl/α,β-unsaturated/α-hetero) is 2. The molecule has 0 fully saturated rings. The van der Waals surface area contributed by atoms with Crippen molar-refractivity contribution in [3.8, 4) is 0 Å². The summed E-state index contributed by atoms with van der Waals surface area (Å²) in [5.41, 5.74) is 0. The van der Waals surface area contributed by atoms with Gasteiger partial charge >= 0.3 is 0 Å². The molecule has 16 heavy (non-hydrogen) atoms. The number of hydrogen-bond acceptors (Lipinski definition) is 3. The van der Waals surface area contributed by atoms with Crippen LogP contribution in [-0.4, -0.2) is 23.6 Å². The minimum absolute atomic E-state index is 0.205. The van der Waals surface area contributed by atoms with Gasteiger partial charge in [-0.3, -0.25) is 9.59 Å². The van der Waals surface area contributed by atoms with E-state index in [-0.39, 0.29) is 12.7 Å². The quantitative estimate of drug-likeness (QED) is 0.521. The van der Waals surface area contributed by atoms with E-state index in [1.54, 1.807) is 11.8 Å². The highest BCUT2D eigenvalue weighted by molar-refractivity contribution is 7.98. The number of unbranched alkanes of at least 4 members (excludes halogenated alkanes) is 3. The Hall–Kier alpha value is -0.310. The third-order valence-electron chi connectivity index (χ3n) is 2.53. The zero-order chi connectivity index (χ0) is 12.9. The minimum atomic E-state index is 0.205. The molecule has 0 aliphatic heterocycles. The van der Waals surface area contributed by atoms with E-state index in [0.717, 1.165) is 31.4 Å². The second-order valence-electron chi connectivity index (χ2n) is 3.98. The molecule has 0 aromatic rings. The molecule has 0 bridgehead atoms. The van der Waals surface area contributed by atoms with E-state index in [9.17, 15) is 9.59 Å². The van der Waals surface area contributed by atoms with Gasteiger partial charge in [0.05, 0.1) is 0 Å². The Morgan fingerprint density at radius 3 is 2.19 bits per heavy atom. The highest BCUT2D eigenvalue weighted by atomic mass is 32.2. The van der Waals surface area contributed by atoms with Gasteiger partial charge in [0, 0.05) is 27.1 Å². The van der Waals surface area contributed by atoms with Crippen LogP contribution in [0.15, 0.2) is 0 Å². The molecular weight excluding hydrogens is 220 g/mol. The summed E-state index contributed by atoms with van der Waals surface area (Å²) in [6.07, 6.45) is 8.36. The van der Waals surface area contributed by atoms with Crippen molar-refractivity contribution in [2.24, 2.45) is 0 Å². The molecule has 0 rings (SSSR count). The molecule has 3 heteroatoms. The van der Waals surface area contributed by atoms with Crippen LogP contribution in [0, 0.1) is 0 Å². The molecule has 0 radical (unpaired) electrons. The van der Waals surface area contributed by atoms with Crippen LogP contribution in [0.5, 0.6) is 0 Å². The summed E-state index contributed by atoms with van der Waals surface area (Å²) < 4.78 is 6.92. The first-order valence-corrected chi connectivity index (χ1v) is 7.41. The van der Waals surface area contributed by atoms with Crippen LogP contribution in [0.25, 0.3) is 0 Å². The van der Waals surface area contributed by atoms with E-state index in [1.807, 2.05) is 6.26 Å². The summed E-state index contributed by atoms with van der Waals surface area (Å²) in [5.74, 6) is 1.50. The van der Waals surface area contributed by atoms with Crippen molar-refractivity contribution in [3.05, 3.63) is 0 Å². The van der Waals surface area contributed by atoms with Gasteiger partial charge in [0.15, 0.2) is 0 Å². The van der Waals surface area contributed by atoms with E-state index in [1.165, 1.54) is 0 Å². The van der Waals surface area contributed by atoms with Crippen molar-refractivity contribution in [1.82, 2.24) is 0 Å². The Bertz CT molecular complexity index is 219. The summed E-state index contributed by atoms with van der Waals surface area (Å²) in [6, 6.07) is 0. The first-order valence-electron chi connectivity index (χ1n) is 6.73. The molecule has 0 saturated carbocycles. The number of hydrogen-bond donors (Lipinski definition) is 0. The molecule has 0 heterocycles. The average molecular weight is 245 g/mol. The molecule has 94 valence electrons. The lowest BCUT2D eigenvalue weighted by Gasteiger charge is -2.01. The van der Waals surface area contributed by atoms with Crippen molar-refractivity contribution in [2.75, 3.05) is 12.0 Å². The first kappa shape index (κ1) is 13.8. The Balaban J connectivity index is 3.23. The Labute approximate surface area is 105 Å². The van der Waals surface area contributed by atoms with Crippen LogP contribution in [0.4, 0.5) is 0 Å². The normalized spacial score (nSPS) is 11.2. The predicted octanol–water partition coefficient (Wildman–Crippen LogP) is 3.63. The molecule has 0 aromatic carbocycles. The monoisotopic (exact) mass is 245 g/mol. The van der Waals surface area contributed by atoms with Gasteiger partial charge in [-0.25, -0.2) is 0 Å². The highest BCUT2D eigenvalue weighted by Gasteiger charge is 2.01. The van der Waals surface area contributed by atoms with Crippen LogP contribution in [-0.2, 0) is 9.59 Å². The van der Waals surface area contributed by atoms with Crippen LogP contribution in [0.2, 0.25) is 0 Å². The van der Waals surface area contributed by atoms with Gasteiger partial charge in [-0.05, 0) is 24.9 Å². The molecule has 0 aliphatic carbocycles. The number of thioether (sulfide) groups is 1. The van der Waals surface area contributed by atoms with Gasteiger partial charge in [-0.15, -0.1) is 0 Å². The number of ketones is 2. The fourth-order valence-corrected chi connectivity index (χ4v) is 1.90. The molecule has 0 unspecified atom stereocenters. The van der Waals surface area contributed by atoms with Crippen LogP contribution < -0.4 is 0 Å². The number of carbonyl (C=O) groups excluding carboxylic acids is 2. The maximum Gasteiger partial charge on any atom is 0.133 e. The van der Waals surface area contributed by atoms with E-state index in [2.05, 4.69) is 0 Å². The molecule has 0 aliphatic rings. The average Bonchev–Trinajstić information content (AvgIpc) is 2.31. The lowest BCUT2D eigenvalue weighted by atomic mass is 10.1. The summed E-state index contributed by atoms with van der Waals surface area (Å²) in [6.45, 7) is 0.211. The molecular formula is C13H24O2S. The summed E-state index contributed by atoms with van der Waals surface area (Å²) in [4.78, 5) is 22.5. The van der Waals surface area contributed by atoms with Gasteiger partial charge in [-0.2, -0.15) is 11.8 Å². The smallest absolute Gasteiger partial charge is 0.133 e. The lowest BCUT2D eigenvalue weighted by molar-refractivity contribution is -0.119. The number of carbonyl (C=O) groups is 2. The zero-order valence-corrected chi connectivity index (χ0v) is 11.1. The maximum absolute atomic E-state index is 11.3. The third-order valence-corrected chi connectivity index (χ3v) is 3.14. The van der Waals surface area contributed by atoms with E-state index in [4.69, 9.17) is 1.37 Å². The van der Waals surface area contributed by atoms with Crippen LogP contribution in [0.1, 0.15) is 59.6 Å². The Morgan fingerprint density at radius 2 is 1.62 bits per heavy atom. The summed E-state index contributed by atoms with van der Waals surface area (Å²) in [5, 5.41) is 0. The van der Waals surface area contributed by atoms with Crippen LogP contribution in [0.3, 0.4) is 0 Å². The molecule has 0 amide bonds. The fourth-order valence-electron chi connectivity index (χ4n) is 1.46. The molecule has 0 spiro atoms. The van der Waals surface area contributed by atoms with Crippen molar-refractivity contribution in [2.45, 2.75) is 58.3 Å². The highest BCUT2D eigenvalue weighted by Crippen LogP contribution is 2.08. The first-order chi connectivity index (χ1) is 8.20. The maximum atomic E-state index is 11.3. The summed E-state index contributed by atoms with van der Waals surface area (Å²) in [7, 11) is 0. The van der Waals surface area contributed by atoms with Gasteiger partial charge in [0.25, 0.3) is 0 Å². The van der Waals surface area contributed by atoms with E-state index in [0.29, 0.717) is 31.5 Å². The molecule has 0 saturated heterocycles. The SMILES string of the molecule is [2H]CCC(=O)CCCCCCC(=O)CCSC. The van der Waals surface area contributed by atoms with E-state index >= 15 is 0 Å². The third kappa shape index (κ3) is 10.2. The van der Waals surface area contributed by atoms with Crippen molar-refractivity contribution >= 4 is 23.3 Å². The molecule has 0 N–H and O–H groups in total. The largest absolute Gasteiger partial charge is 0.300 e. The van der Waals surface area contributed by atoms with Gasteiger partial charge in [0.2, 0.25) is 0 Å². The second-order valence-corrected chi connectivity index (χ2v) is 4.97. The van der Waals surface area contributed by atoms with Gasteiger partial charge in [-0.1, -0.05) is 19.7 Å². The number of rotatable bonds is 11. The van der Waals surface area contributed by atoms with Crippen molar-refractivity contribution in [3.63, 3.8) is 0 Å². The van der Waals surface area contributed by atoms with Gasteiger partial charge < -0.3 is 0 Å². The zero-order valence-electron chi connectivity index (χ0n) is 11.3. The molecule has 2 nitrogen and oxygen atoms in total. The Kier molecular flexibility index (Phi) is 9.61. The van der Waals surface area contributed by atoms with Crippen molar-refractivity contribution < 1.29 is 11.0 Å². The van der Waals surface area contributed by atoms with Crippen molar-refractivity contribution in [1.29, 1.82) is 0 Å². The van der Waals surface area contributed by atoms with E-state index < -0.39 is 0 Å². The fraction of sp³-hybridized carbons (Fsp3) is 0.846. The lowest BCUT2D eigenvalue weighted by Crippen LogP contribution is -1.99. The minimum Gasteiger partial charge on any atom is -0.300 e. The predicted molar refractivity (Wildman–Crippen MR) is 71.0 cm³/mol. The molecule has 0 atom stereocenters. The van der Waals surface area contributed by atoms with Gasteiger partial charge in [0.1, 0.15) is 11.6 Å². The summed E-state index contributed by atoms with van der Waals surface area (Å²) >= 11 is 1.71. The topological polar surface area (TPSA) is 34.1 Å². The molecule has 0 aromatic heterocycles.